The van der Waals surface area contributed by atoms with Gasteiger partial charge in [-0.3, -0.25) is 9.59 Å². The van der Waals surface area contributed by atoms with E-state index in [-0.39, 0.29) is 0 Å². The third-order valence-corrected chi connectivity index (χ3v) is 2.46. The number of carboxylic acid groups (broad SMARTS) is 2. The van der Waals surface area contributed by atoms with Crippen molar-refractivity contribution in [2.24, 2.45) is 11.8 Å². The van der Waals surface area contributed by atoms with Crippen LogP contribution < -0.4 is 0 Å². The molecule has 0 aromatic heterocycles. The Labute approximate surface area is 95.3 Å². The number of allylic oxidation sites excluding steroid dienone is 2. The first-order valence-electron chi connectivity index (χ1n) is 5.20. The van der Waals surface area contributed by atoms with Crippen LogP contribution in [-0.4, -0.2) is 22.2 Å². The SMILES string of the molecule is C=CC[C@@H](CC[C@H](CC=C)C(=O)O)C(=O)O. The average Bonchev–Trinajstić information content (AvgIpc) is 2.21. The highest BCUT2D eigenvalue weighted by Gasteiger charge is 2.21. The van der Waals surface area contributed by atoms with Crippen molar-refractivity contribution in [3.8, 4) is 0 Å². The van der Waals surface area contributed by atoms with Gasteiger partial charge in [0.2, 0.25) is 0 Å². The van der Waals surface area contributed by atoms with E-state index in [1.165, 1.54) is 0 Å². The molecule has 0 saturated carbocycles. The summed E-state index contributed by atoms with van der Waals surface area (Å²) in [5, 5.41) is 17.7. The second-order valence-electron chi connectivity index (χ2n) is 3.70. The molecule has 0 heterocycles. The first kappa shape index (κ1) is 14.4. The number of carbonyl (C=O) groups is 2. The highest BCUT2D eigenvalue weighted by atomic mass is 16.4. The van der Waals surface area contributed by atoms with E-state index < -0.39 is 23.8 Å². The average molecular weight is 226 g/mol. The summed E-state index contributed by atoms with van der Waals surface area (Å²) in [6, 6.07) is 0. The first-order valence-corrected chi connectivity index (χ1v) is 5.20. The Morgan fingerprint density at radius 1 is 0.938 bits per heavy atom. The third-order valence-electron chi connectivity index (χ3n) is 2.46. The minimum absolute atomic E-state index is 0.353. The van der Waals surface area contributed by atoms with Crippen molar-refractivity contribution in [3.63, 3.8) is 0 Å². The molecule has 0 aromatic rings. The highest BCUT2D eigenvalue weighted by molar-refractivity contribution is 5.71. The van der Waals surface area contributed by atoms with Crippen LogP contribution in [0.2, 0.25) is 0 Å². The number of carboxylic acids is 2. The Morgan fingerprint density at radius 2 is 1.25 bits per heavy atom. The lowest BCUT2D eigenvalue weighted by Gasteiger charge is -2.13. The van der Waals surface area contributed by atoms with E-state index >= 15 is 0 Å². The van der Waals surface area contributed by atoms with Gasteiger partial charge in [0, 0.05) is 0 Å². The van der Waals surface area contributed by atoms with Crippen LogP contribution in [0.1, 0.15) is 25.7 Å². The van der Waals surface area contributed by atoms with E-state index in [1.54, 1.807) is 12.2 Å². The molecule has 0 bridgehead atoms. The zero-order chi connectivity index (χ0) is 12.6. The van der Waals surface area contributed by atoms with Crippen molar-refractivity contribution in [2.45, 2.75) is 25.7 Å². The van der Waals surface area contributed by atoms with E-state index in [1.807, 2.05) is 0 Å². The fraction of sp³-hybridized carbons (Fsp3) is 0.500. The summed E-state index contributed by atoms with van der Waals surface area (Å²) in [5.74, 6) is -2.88. The number of hydrogen-bond donors (Lipinski definition) is 2. The van der Waals surface area contributed by atoms with Crippen LogP contribution in [0.25, 0.3) is 0 Å². The van der Waals surface area contributed by atoms with Gasteiger partial charge in [-0.1, -0.05) is 12.2 Å². The van der Waals surface area contributed by atoms with Crippen molar-refractivity contribution in [2.75, 3.05) is 0 Å². The van der Waals surface area contributed by atoms with Crippen LogP contribution in [-0.2, 0) is 9.59 Å². The zero-order valence-corrected chi connectivity index (χ0v) is 9.26. The maximum absolute atomic E-state index is 10.8. The van der Waals surface area contributed by atoms with E-state index in [0.717, 1.165) is 0 Å². The van der Waals surface area contributed by atoms with Crippen LogP contribution >= 0.6 is 0 Å². The maximum atomic E-state index is 10.8. The normalized spacial score (nSPS) is 13.8. The van der Waals surface area contributed by atoms with Gasteiger partial charge in [0.15, 0.2) is 0 Å². The van der Waals surface area contributed by atoms with Gasteiger partial charge in [-0.2, -0.15) is 0 Å². The number of aliphatic carboxylic acids is 2. The molecule has 0 aliphatic rings. The van der Waals surface area contributed by atoms with Gasteiger partial charge in [0.05, 0.1) is 11.8 Å². The quantitative estimate of drug-likeness (QED) is 0.592. The molecular formula is C12H18O4. The van der Waals surface area contributed by atoms with Crippen molar-refractivity contribution in [3.05, 3.63) is 25.3 Å². The third kappa shape index (κ3) is 5.34. The second-order valence-corrected chi connectivity index (χ2v) is 3.70. The standard InChI is InChI=1S/C12H18O4/c1-3-5-9(11(13)14)7-8-10(6-4-2)12(15)16/h3-4,9-10H,1-2,5-8H2,(H,13,14)(H,15,16)/t9-,10-/m0/s1. The van der Waals surface area contributed by atoms with Crippen molar-refractivity contribution in [1.82, 2.24) is 0 Å². The maximum Gasteiger partial charge on any atom is 0.306 e. The molecule has 0 radical (unpaired) electrons. The lowest BCUT2D eigenvalue weighted by atomic mass is 9.92. The summed E-state index contributed by atoms with van der Waals surface area (Å²) in [6.45, 7) is 6.97. The van der Waals surface area contributed by atoms with E-state index in [0.29, 0.717) is 25.7 Å². The molecule has 4 heteroatoms. The smallest absolute Gasteiger partial charge is 0.306 e. The summed E-state index contributed by atoms with van der Waals surface area (Å²) < 4.78 is 0. The van der Waals surface area contributed by atoms with Gasteiger partial charge in [-0.05, 0) is 25.7 Å². The number of rotatable bonds is 9. The lowest BCUT2D eigenvalue weighted by molar-refractivity contribution is -0.145. The molecule has 0 unspecified atom stereocenters. The molecule has 0 saturated heterocycles. The van der Waals surface area contributed by atoms with E-state index in [4.69, 9.17) is 10.2 Å². The minimum Gasteiger partial charge on any atom is -0.481 e. The molecule has 4 nitrogen and oxygen atoms in total. The lowest BCUT2D eigenvalue weighted by Crippen LogP contribution is -2.18. The van der Waals surface area contributed by atoms with Gasteiger partial charge >= 0.3 is 11.9 Å². The molecule has 0 spiro atoms. The Hall–Kier alpha value is -1.58. The summed E-state index contributed by atoms with van der Waals surface area (Å²) in [6.07, 6.45) is 4.54. The van der Waals surface area contributed by atoms with Gasteiger partial charge in [0.25, 0.3) is 0 Å². The van der Waals surface area contributed by atoms with Crippen molar-refractivity contribution in [1.29, 1.82) is 0 Å². The first-order chi connectivity index (χ1) is 7.52. The van der Waals surface area contributed by atoms with Crippen LogP contribution in [0.5, 0.6) is 0 Å². The Bertz CT molecular complexity index is 242. The summed E-state index contributed by atoms with van der Waals surface area (Å²) in [7, 11) is 0. The van der Waals surface area contributed by atoms with Gasteiger partial charge in [-0.25, -0.2) is 0 Å². The molecule has 0 rings (SSSR count). The summed E-state index contributed by atoms with van der Waals surface area (Å²) >= 11 is 0. The Kier molecular flexibility index (Phi) is 6.92. The molecule has 0 aliphatic heterocycles. The van der Waals surface area contributed by atoms with Crippen LogP contribution in [0, 0.1) is 11.8 Å². The zero-order valence-electron chi connectivity index (χ0n) is 9.26. The minimum atomic E-state index is -0.900. The predicted octanol–water partition coefficient (Wildman–Crippen LogP) is 2.32. The molecule has 16 heavy (non-hydrogen) atoms. The van der Waals surface area contributed by atoms with Crippen LogP contribution in [0.4, 0.5) is 0 Å². The molecule has 0 fully saturated rings. The molecule has 2 atom stereocenters. The summed E-state index contributed by atoms with van der Waals surface area (Å²) in [4.78, 5) is 21.6. The fourth-order valence-electron chi connectivity index (χ4n) is 1.49. The largest absolute Gasteiger partial charge is 0.481 e. The topological polar surface area (TPSA) is 74.6 Å². The molecule has 90 valence electrons. The van der Waals surface area contributed by atoms with Crippen molar-refractivity contribution < 1.29 is 19.8 Å². The Morgan fingerprint density at radius 3 is 1.44 bits per heavy atom. The van der Waals surface area contributed by atoms with E-state index in [9.17, 15) is 9.59 Å². The van der Waals surface area contributed by atoms with E-state index in [2.05, 4.69) is 13.2 Å². The van der Waals surface area contributed by atoms with Crippen molar-refractivity contribution >= 4 is 11.9 Å². The molecule has 2 N–H and O–H groups in total. The molecule has 0 aliphatic carbocycles. The fourth-order valence-corrected chi connectivity index (χ4v) is 1.49. The van der Waals surface area contributed by atoms with Gasteiger partial charge < -0.3 is 10.2 Å². The molecule has 0 aromatic carbocycles. The number of hydrogen-bond acceptors (Lipinski definition) is 2. The monoisotopic (exact) mass is 226 g/mol. The highest BCUT2D eigenvalue weighted by Crippen LogP contribution is 2.19. The van der Waals surface area contributed by atoms with Gasteiger partial charge in [0.1, 0.15) is 0 Å². The van der Waals surface area contributed by atoms with Crippen LogP contribution in [0.15, 0.2) is 25.3 Å². The second kappa shape index (κ2) is 7.68. The van der Waals surface area contributed by atoms with Crippen LogP contribution in [0.3, 0.4) is 0 Å². The molecular weight excluding hydrogens is 208 g/mol. The Balaban J connectivity index is 4.24. The molecule has 0 amide bonds. The summed E-state index contributed by atoms with van der Waals surface area (Å²) in [5.41, 5.74) is 0. The predicted molar refractivity (Wildman–Crippen MR) is 61.1 cm³/mol. The van der Waals surface area contributed by atoms with Gasteiger partial charge in [-0.15, -0.1) is 13.2 Å².